The molecule has 20 nitrogen and oxygen atoms in total. The van der Waals surface area contributed by atoms with Crippen LogP contribution >= 0.6 is 11.8 Å². The van der Waals surface area contributed by atoms with Crippen LogP contribution in [0.25, 0.3) is 0 Å². The second-order valence-corrected chi connectivity index (χ2v) is 28.8. The molecule has 0 aromatic heterocycles. The molecule has 17 rings (SSSR count). The minimum absolute atomic E-state index is 0.0165. The Balaban J connectivity index is 0.768. The molecule has 1 N–H and O–H groups in total. The second-order valence-electron chi connectivity index (χ2n) is 27.6. The number of hydrogen-bond donors (Lipinski definition) is 1. The van der Waals surface area contributed by atoms with Crippen LogP contribution in [0.1, 0.15) is 76.1 Å². The molecule has 8 saturated heterocycles. The number of benzene rings is 9. The highest BCUT2D eigenvalue weighted by atomic mass is 32.2. The molecule has 8 aliphatic rings. The summed E-state index contributed by atoms with van der Waals surface area (Å²) in [5.41, 5.74) is 5.95. The SMILES string of the molecule is [3H]OC1[C@H](OC2[C@H](O[C@@]34OC(c5ccccc5)OCC3O[C@@H](OC3[C@@H](Sc5ccccc5)OC5COC(c6ccccc6)O[C@H]5[C@@H]3OCc3ccccc3)C[C@H]4OCc3ccccc3)OC3COC(c4ccccc4)O[C@H]3[C@@H]2OCc2ccccc2)OC2COC(c3ccccc3)O[C@H]2[C@@H]1OCc1ccccc1. The van der Waals surface area contributed by atoms with Gasteiger partial charge in [0, 0.05) is 33.6 Å². The lowest BCUT2D eigenvalue weighted by Crippen LogP contribution is -2.72. The molecule has 9 aromatic carbocycles. The molecule has 107 heavy (non-hydrogen) atoms. The molecule has 0 saturated carbocycles. The lowest BCUT2D eigenvalue weighted by molar-refractivity contribution is -0.495. The Morgan fingerprint density at radius 1 is 0.364 bits per heavy atom. The van der Waals surface area contributed by atoms with E-state index >= 15 is 0 Å². The van der Waals surface area contributed by atoms with E-state index in [2.05, 4.69) is 0 Å². The van der Waals surface area contributed by atoms with E-state index in [0.29, 0.717) is 5.56 Å². The third-order valence-electron chi connectivity index (χ3n) is 20.5. The molecule has 556 valence electrons. The molecule has 8 aliphatic heterocycles. The maximum atomic E-state index is 9.09. The summed E-state index contributed by atoms with van der Waals surface area (Å²) in [6.45, 7) is 0.677. The molecule has 0 radical (unpaired) electrons. The predicted molar refractivity (Wildman–Crippen MR) is 387 cm³/mol. The number of aliphatic hydroxyl groups is 1. The minimum atomic E-state index is -1.98. The van der Waals surface area contributed by atoms with E-state index in [4.69, 9.17) is 96.5 Å². The van der Waals surface area contributed by atoms with Crippen LogP contribution in [0.3, 0.4) is 0 Å². The van der Waals surface area contributed by atoms with E-state index in [1.807, 2.05) is 273 Å². The normalized spacial score (nSPS) is 34.2. The summed E-state index contributed by atoms with van der Waals surface area (Å²) in [4.78, 5) is 0.937. The fourth-order valence-corrected chi connectivity index (χ4v) is 16.3. The molecule has 8 fully saturated rings. The van der Waals surface area contributed by atoms with Gasteiger partial charge in [-0.25, -0.2) is 0 Å². The molecule has 8 heterocycles. The second kappa shape index (κ2) is 34.2. The van der Waals surface area contributed by atoms with Gasteiger partial charge in [-0.05, 0) is 34.4 Å². The number of ether oxygens (including phenoxy) is 19. The van der Waals surface area contributed by atoms with Gasteiger partial charge in [-0.15, -0.1) is 0 Å². The fraction of sp³-hybridized carbons (Fsp3) is 0.372. The fourth-order valence-electron chi connectivity index (χ4n) is 15.1. The van der Waals surface area contributed by atoms with Crippen LogP contribution in [0.15, 0.2) is 278 Å². The van der Waals surface area contributed by atoms with Crippen molar-refractivity contribution in [3.05, 3.63) is 317 Å². The Bertz CT molecular complexity index is 4210. The molecule has 0 aliphatic carbocycles. The molecule has 11 unspecified atom stereocenters. The largest absolute Gasteiger partial charge is 0.385 e. The number of rotatable bonds is 25. The van der Waals surface area contributed by atoms with Crippen LogP contribution < -0.4 is 0 Å². The van der Waals surface area contributed by atoms with Crippen LogP contribution in [0.5, 0.6) is 0 Å². The average molecular weight is 1470 g/mol. The Hall–Kier alpha value is -7.47. The molecule has 0 amide bonds. The van der Waals surface area contributed by atoms with Gasteiger partial charge in [0.05, 0.1) is 52.9 Å². The van der Waals surface area contributed by atoms with Gasteiger partial charge in [-0.2, -0.15) is 0 Å². The molecular formula is C86H86O20S. The number of hydrogen-bond acceptors (Lipinski definition) is 21. The van der Waals surface area contributed by atoms with Crippen LogP contribution in [0.4, 0.5) is 0 Å². The maximum Gasteiger partial charge on any atom is 0.229 e. The molecular weight excluding hydrogens is 1380 g/mol. The van der Waals surface area contributed by atoms with E-state index < -0.39 is 141 Å². The summed E-state index contributed by atoms with van der Waals surface area (Å²) in [6.07, 6.45) is -20.9. The van der Waals surface area contributed by atoms with Crippen LogP contribution in [-0.2, 0) is 116 Å². The van der Waals surface area contributed by atoms with Crippen LogP contribution in [0.2, 0.25) is 0 Å². The van der Waals surface area contributed by atoms with Crippen LogP contribution in [0, 0.1) is 0 Å². The Morgan fingerprint density at radius 3 is 1.21 bits per heavy atom. The van der Waals surface area contributed by atoms with Crippen molar-refractivity contribution in [2.24, 2.45) is 0 Å². The maximum absolute atomic E-state index is 9.09. The zero-order chi connectivity index (χ0) is 72.4. The van der Waals surface area contributed by atoms with Gasteiger partial charge in [0.2, 0.25) is 7.22 Å². The third kappa shape index (κ3) is 16.7. The molecule has 0 bridgehead atoms. The number of aliphatic hydroxyl groups excluding tert-OH is 1. The van der Waals surface area contributed by atoms with Crippen LogP contribution in [-0.4, -0.2) is 149 Å². The van der Waals surface area contributed by atoms with E-state index in [1.165, 1.54) is 11.8 Å². The van der Waals surface area contributed by atoms with Crippen molar-refractivity contribution < 1.29 is 95.1 Å². The van der Waals surface area contributed by atoms with E-state index in [1.54, 1.807) is 0 Å². The first-order valence-corrected chi connectivity index (χ1v) is 37.7. The predicted octanol–water partition coefficient (Wildman–Crippen LogP) is 13.3. The van der Waals surface area contributed by atoms with Crippen molar-refractivity contribution in [3.63, 3.8) is 0 Å². The zero-order valence-electron chi connectivity index (χ0n) is 59.6. The zero-order valence-corrected chi connectivity index (χ0v) is 59.4. The van der Waals surface area contributed by atoms with Gasteiger partial charge >= 0.3 is 0 Å². The molecule has 23 atom stereocenters. The van der Waals surface area contributed by atoms with E-state index in [-0.39, 0.29) is 59.3 Å². The Labute approximate surface area is 627 Å². The molecule has 21 heteroatoms. The van der Waals surface area contributed by atoms with Gasteiger partial charge < -0.3 is 95.1 Å². The summed E-state index contributed by atoms with van der Waals surface area (Å²) in [6, 6.07) is 88.4. The van der Waals surface area contributed by atoms with E-state index in [0.717, 1.165) is 43.8 Å². The minimum Gasteiger partial charge on any atom is -0.385 e. The van der Waals surface area contributed by atoms with Gasteiger partial charge in [-0.1, -0.05) is 273 Å². The van der Waals surface area contributed by atoms with Gasteiger partial charge in [0.15, 0.2) is 44.0 Å². The lowest BCUT2D eigenvalue weighted by Gasteiger charge is -2.57. The van der Waals surface area contributed by atoms with Crippen molar-refractivity contribution in [3.8, 4) is 0 Å². The summed E-state index contributed by atoms with van der Waals surface area (Å²) in [7, 11) is 0. The smallest absolute Gasteiger partial charge is 0.229 e. The topological polar surface area (TPSA) is 196 Å². The van der Waals surface area contributed by atoms with E-state index in [9.17, 15) is 0 Å². The first-order chi connectivity index (χ1) is 53.4. The first kappa shape index (κ1) is 71.2. The van der Waals surface area contributed by atoms with Crippen molar-refractivity contribution in [2.75, 3.05) is 26.4 Å². The van der Waals surface area contributed by atoms with Crippen molar-refractivity contribution in [1.29, 1.82) is 1.43 Å². The highest BCUT2D eigenvalue weighted by molar-refractivity contribution is 7.99. The van der Waals surface area contributed by atoms with Gasteiger partial charge in [-0.3, -0.25) is 0 Å². The average Bonchev–Trinajstić information content (AvgIpc) is 0.731. The lowest BCUT2D eigenvalue weighted by atomic mass is 9.93. The summed E-state index contributed by atoms with van der Waals surface area (Å²) >= 11 is 1.51. The summed E-state index contributed by atoms with van der Waals surface area (Å²) < 4.78 is 145. The monoisotopic (exact) mass is 1470 g/mol. The third-order valence-corrected chi connectivity index (χ3v) is 21.7. The standard InChI is InChI=1S/C86H86O20S/c87-70-74(89-48-56-30-12-2-13-31-56)71-64(51-92-79(101-71)59-36-18-5-19-37-59)96-83(70)104-77-75(90-49-57-32-14-3-15-33-57)72-65(52-93-80(102-72)60-38-20-6-21-39-60)97-84(77)106-86-67(88-47-55-28-10-1-11-29-55)46-69(99-68(86)54-95-82(105-86)62-42-24-8-25-43-62)100-78-76(91-50-58-34-16-4-17-35-58)73-66(98-85(78)107-63-44-26-9-27-45-63)53-94-81(103-73)61-40-22-7-23-41-61/h1-45,64-85,87H,46-54H2/t64?,65?,66?,67-,68?,69+,70?,71-,72-,73-,74-,75+,76+,77?,78?,79?,80?,81?,82?,83+,84+,85-,86-/m1/s1/i87T. The number of thioether (sulfide) groups is 1. The van der Waals surface area contributed by atoms with Crippen molar-refractivity contribution in [2.45, 2.75) is 178 Å². The van der Waals surface area contributed by atoms with Gasteiger partial charge in [0.25, 0.3) is 0 Å². The summed E-state index contributed by atoms with van der Waals surface area (Å²) in [5, 5.41) is 5.87. The summed E-state index contributed by atoms with van der Waals surface area (Å²) in [5.74, 6) is -1.98. The Morgan fingerprint density at radius 2 is 0.748 bits per heavy atom. The molecule has 9 aromatic rings. The molecule has 0 spiro atoms. The number of fused-ring (bicyclic) bond motifs is 4. The first-order valence-electron chi connectivity index (χ1n) is 37.2. The Kier molecular flexibility index (Phi) is 22.7. The van der Waals surface area contributed by atoms with Crippen molar-refractivity contribution in [1.82, 2.24) is 0 Å². The highest BCUT2D eigenvalue weighted by Gasteiger charge is 2.65. The quantitative estimate of drug-likeness (QED) is 0.0567. The van der Waals surface area contributed by atoms with Crippen molar-refractivity contribution >= 4 is 11.8 Å². The van der Waals surface area contributed by atoms with Gasteiger partial charge in [0.1, 0.15) is 90.9 Å². The highest BCUT2D eigenvalue weighted by Crippen LogP contribution is 2.50.